The summed E-state index contributed by atoms with van der Waals surface area (Å²) in [6, 6.07) is 3.25. The number of amides is 1. The van der Waals surface area contributed by atoms with Crippen LogP contribution in [0.25, 0.3) is 0 Å². The van der Waals surface area contributed by atoms with E-state index in [1.54, 1.807) is 23.7 Å². The molecule has 3 rings (SSSR count). The standard InChI is InChI=1S/C12H11N3O3S/c13-8-2-1-7(9-10(8)18-5-4-17-9)11(16)15-12-14-3-6-19-12/h1-3,6H,4-5,13H2,(H,14,15,16). The van der Waals surface area contributed by atoms with Gasteiger partial charge in [-0.1, -0.05) is 0 Å². The molecular formula is C12H11N3O3S. The van der Waals surface area contributed by atoms with Gasteiger partial charge in [-0.3, -0.25) is 10.1 Å². The first-order valence-electron chi connectivity index (χ1n) is 5.64. The second kappa shape index (κ2) is 4.77. The number of rotatable bonds is 2. The molecule has 7 heteroatoms. The molecule has 0 radical (unpaired) electrons. The topological polar surface area (TPSA) is 86.5 Å². The van der Waals surface area contributed by atoms with E-state index in [0.717, 1.165) is 0 Å². The number of nitrogen functional groups attached to an aromatic ring is 1. The third-order valence-electron chi connectivity index (χ3n) is 2.62. The highest BCUT2D eigenvalue weighted by Gasteiger charge is 2.23. The lowest BCUT2D eigenvalue weighted by molar-refractivity contribution is 0.101. The molecule has 19 heavy (non-hydrogen) atoms. The third kappa shape index (κ3) is 2.19. The molecule has 0 unspecified atom stereocenters. The largest absolute Gasteiger partial charge is 0.485 e. The minimum absolute atomic E-state index is 0.295. The van der Waals surface area contributed by atoms with Crippen LogP contribution in [-0.2, 0) is 0 Å². The Morgan fingerprint density at radius 1 is 1.32 bits per heavy atom. The number of nitrogens with two attached hydrogens (primary N) is 1. The number of hydrogen-bond acceptors (Lipinski definition) is 6. The molecule has 0 atom stereocenters. The molecule has 1 aromatic carbocycles. The molecule has 0 bridgehead atoms. The molecule has 6 nitrogen and oxygen atoms in total. The minimum Gasteiger partial charge on any atom is -0.485 e. The van der Waals surface area contributed by atoms with Gasteiger partial charge in [0.2, 0.25) is 0 Å². The maximum Gasteiger partial charge on any atom is 0.261 e. The molecule has 0 aliphatic carbocycles. The van der Waals surface area contributed by atoms with E-state index < -0.39 is 0 Å². The van der Waals surface area contributed by atoms with E-state index in [1.807, 2.05) is 0 Å². The molecule has 3 N–H and O–H groups in total. The van der Waals surface area contributed by atoms with E-state index in [9.17, 15) is 4.79 Å². The Bertz CT molecular complexity index is 613. The molecule has 0 fully saturated rings. The van der Waals surface area contributed by atoms with Crippen LogP contribution in [0.5, 0.6) is 11.5 Å². The van der Waals surface area contributed by atoms with E-state index in [0.29, 0.717) is 41.1 Å². The van der Waals surface area contributed by atoms with Crippen LogP contribution in [0, 0.1) is 0 Å². The van der Waals surface area contributed by atoms with Crippen molar-refractivity contribution < 1.29 is 14.3 Å². The van der Waals surface area contributed by atoms with Gasteiger partial charge < -0.3 is 15.2 Å². The van der Waals surface area contributed by atoms with Crippen molar-refractivity contribution in [2.45, 2.75) is 0 Å². The molecule has 0 saturated carbocycles. The monoisotopic (exact) mass is 277 g/mol. The van der Waals surface area contributed by atoms with Gasteiger partial charge >= 0.3 is 0 Å². The number of fused-ring (bicyclic) bond motifs is 1. The van der Waals surface area contributed by atoms with Crippen molar-refractivity contribution in [1.82, 2.24) is 4.98 Å². The summed E-state index contributed by atoms with van der Waals surface area (Å²) in [4.78, 5) is 16.2. The van der Waals surface area contributed by atoms with Crippen LogP contribution < -0.4 is 20.5 Å². The third-order valence-corrected chi connectivity index (χ3v) is 3.30. The van der Waals surface area contributed by atoms with Crippen molar-refractivity contribution in [2.24, 2.45) is 0 Å². The Kier molecular flexibility index (Phi) is 2.96. The molecule has 98 valence electrons. The summed E-state index contributed by atoms with van der Waals surface area (Å²) in [5.74, 6) is 0.523. The smallest absolute Gasteiger partial charge is 0.261 e. The van der Waals surface area contributed by atoms with Crippen LogP contribution in [0.3, 0.4) is 0 Å². The zero-order chi connectivity index (χ0) is 13.2. The van der Waals surface area contributed by atoms with Crippen LogP contribution >= 0.6 is 11.3 Å². The maximum absolute atomic E-state index is 12.2. The van der Waals surface area contributed by atoms with Crippen LogP contribution in [0.1, 0.15) is 10.4 Å². The van der Waals surface area contributed by atoms with E-state index in [-0.39, 0.29) is 5.91 Å². The Morgan fingerprint density at radius 2 is 2.11 bits per heavy atom. The zero-order valence-electron chi connectivity index (χ0n) is 9.88. The number of nitrogens with one attached hydrogen (secondary N) is 1. The van der Waals surface area contributed by atoms with E-state index in [4.69, 9.17) is 15.2 Å². The molecule has 0 saturated heterocycles. The fourth-order valence-electron chi connectivity index (χ4n) is 1.79. The van der Waals surface area contributed by atoms with Crippen LogP contribution in [0.2, 0.25) is 0 Å². The Hall–Kier alpha value is -2.28. The number of anilines is 2. The van der Waals surface area contributed by atoms with Gasteiger partial charge in [0.1, 0.15) is 13.2 Å². The predicted octanol–water partition coefficient (Wildman–Crippen LogP) is 1.75. The second-order valence-electron chi connectivity index (χ2n) is 3.85. The minimum atomic E-state index is -0.295. The highest BCUT2D eigenvalue weighted by Crippen LogP contribution is 2.39. The first kappa shape index (κ1) is 11.8. The van der Waals surface area contributed by atoms with Gasteiger partial charge in [0.05, 0.1) is 11.3 Å². The number of thiazole rings is 1. The molecule has 1 aliphatic heterocycles. The summed E-state index contributed by atoms with van der Waals surface area (Å²) in [6.45, 7) is 0.822. The number of carbonyl (C=O) groups is 1. The fraction of sp³-hybridized carbons (Fsp3) is 0.167. The first-order chi connectivity index (χ1) is 9.25. The van der Waals surface area contributed by atoms with Crippen molar-refractivity contribution >= 4 is 28.1 Å². The lowest BCUT2D eigenvalue weighted by Crippen LogP contribution is -2.21. The Balaban J connectivity index is 1.94. The number of aromatic nitrogens is 1. The predicted molar refractivity (Wildman–Crippen MR) is 71.9 cm³/mol. The number of carbonyl (C=O) groups excluding carboxylic acids is 1. The van der Waals surface area contributed by atoms with Gasteiger partial charge in [-0.05, 0) is 12.1 Å². The van der Waals surface area contributed by atoms with Crippen molar-refractivity contribution in [3.63, 3.8) is 0 Å². The molecule has 2 heterocycles. The SMILES string of the molecule is Nc1ccc(C(=O)Nc2nccs2)c2c1OCCO2. The molecule has 1 aromatic heterocycles. The molecule has 1 amide bonds. The maximum atomic E-state index is 12.2. The fourth-order valence-corrected chi connectivity index (χ4v) is 2.31. The van der Waals surface area contributed by atoms with Crippen LogP contribution in [-0.4, -0.2) is 24.1 Å². The average molecular weight is 277 g/mol. The van der Waals surface area contributed by atoms with E-state index >= 15 is 0 Å². The average Bonchev–Trinajstić information content (AvgIpc) is 2.92. The lowest BCUT2D eigenvalue weighted by Gasteiger charge is -2.21. The normalized spacial score (nSPS) is 13.1. The summed E-state index contributed by atoms with van der Waals surface area (Å²) in [5, 5.41) is 5.02. The molecular weight excluding hydrogens is 266 g/mol. The van der Waals surface area contributed by atoms with Gasteiger partial charge in [-0.2, -0.15) is 0 Å². The lowest BCUT2D eigenvalue weighted by atomic mass is 10.1. The van der Waals surface area contributed by atoms with Gasteiger partial charge in [0, 0.05) is 11.6 Å². The molecule has 0 spiro atoms. The Labute approximate surface area is 113 Å². The quantitative estimate of drug-likeness (QED) is 0.817. The van der Waals surface area contributed by atoms with Gasteiger partial charge in [0.15, 0.2) is 16.6 Å². The van der Waals surface area contributed by atoms with E-state index in [1.165, 1.54) is 11.3 Å². The Morgan fingerprint density at radius 3 is 2.84 bits per heavy atom. The van der Waals surface area contributed by atoms with Gasteiger partial charge in [-0.25, -0.2) is 4.98 Å². The van der Waals surface area contributed by atoms with Crippen molar-refractivity contribution in [3.05, 3.63) is 29.3 Å². The van der Waals surface area contributed by atoms with Gasteiger partial charge in [-0.15, -0.1) is 11.3 Å². The number of nitrogens with zero attached hydrogens (tertiary/aromatic N) is 1. The summed E-state index contributed by atoms with van der Waals surface area (Å²) >= 11 is 1.35. The number of ether oxygens (including phenoxy) is 2. The molecule has 1 aliphatic rings. The van der Waals surface area contributed by atoms with Gasteiger partial charge in [0.25, 0.3) is 5.91 Å². The second-order valence-corrected chi connectivity index (χ2v) is 4.74. The molecule has 2 aromatic rings. The van der Waals surface area contributed by atoms with Crippen molar-refractivity contribution in [3.8, 4) is 11.5 Å². The van der Waals surface area contributed by atoms with Crippen LogP contribution in [0.15, 0.2) is 23.7 Å². The first-order valence-corrected chi connectivity index (χ1v) is 6.52. The summed E-state index contributed by atoms with van der Waals surface area (Å²) in [7, 11) is 0. The van der Waals surface area contributed by atoms with E-state index in [2.05, 4.69) is 10.3 Å². The van der Waals surface area contributed by atoms with Crippen molar-refractivity contribution in [2.75, 3.05) is 24.3 Å². The zero-order valence-corrected chi connectivity index (χ0v) is 10.7. The van der Waals surface area contributed by atoms with Crippen molar-refractivity contribution in [1.29, 1.82) is 0 Å². The number of benzene rings is 1. The van der Waals surface area contributed by atoms with Crippen LogP contribution in [0.4, 0.5) is 10.8 Å². The summed E-state index contributed by atoms with van der Waals surface area (Å²) in [5.41, 5.74) is 6.65. The highest BCUT2D eigenvalue weighted by atomic mass is 32.1. The number of hydrogen-bond donors (Lipinski definition) is 2. The summed E-state index contributed by atoms with van der Waals surface area (Å²) in [6.07, 6.45) is 1.62. The highest BCUT2D eigenvalue weighted by molar-refractivity contribution is 7.13. The summed E-state index contributed by atoms with van der Waals surface area (Å²) < 4.78 is 10.9.